The number of hydrogen-bond acceptors (Lipinski definition) is 5. The highest BCUT2D eigenvalue weighted by atomic mass is 35.5. The maximum Gasteiger partial charge on any atom is 0.337 e. The predicted molar refractivity (Wildman–Crippen MR) is 123 cm³/mol. The third-order valence-electron chi connectivity index (χ3n) is 4.39. The van der Waals surface area contributed by atoms with Gasteiger partial charge in [0.25, 0.3) is 0 Å². The van der Waals surface area contributed by atoms with Crippen molar-refractivity contribution in [3.05, 3.63) is 94.3 Å². The molecule has 3 aromatic carbocycles. The number of aromatic carboxylic acids is 1. The summed E-state index contributed by atoms with van der Waals surface area (Å²) in [6.07, 6.45) is 1.72. The first-order valence-electron chi connectivity index (χ1n) is 9.03. The first kappa shape index (κ1) is 19.8. The molecule has 0 saturated carbocycles. The van der Waals surface area contributed by atoms with Gasteiger partial charge in [-0.2, -0.15) is 5.10 Å². The monoisotopic (exact) mass is 433 g/mol. The number of rotatable bonds is 6. The number of hydrogen-bond donors (Lipinski definition) is 2. The molecule has 1 aromatic heterocycles. The molecule has 0 bridgehead atoms. The fourth-order valence-corrected chi connectivity index (χ4v) is 3.79. The fourth-order valence-electron chi connectivity index (χ4n) is 2.86. The van der Waals surface area contributed by atoms with Crippen LogP contribution in [0, 0.1) is 0 Å². The van der Waals surface area contributed by atoms with E-state index in [0.717, 1.165) is 33.1 Å². The lowest BCUT2D eigenvalue weighted by atomic mass is 10.0. The number of carboxylic acid groups (broad SMARTS) is 1. The van der Waals surface area contributed by atoms with E-state index >= 15 is 0 Å². The van der Waals surface area contributed by atoms with Gasteiger partial charge in [-0.3, -0.25) is 5.43 Å². The molecule has 2 N–H and O–H groups in total. The molecule has 7 heteroatoms. The van der Waals surface area contributed by atoms with E-state index in [0.29, 0.717) is 0 Å². The molecule has 0 aliphatic heterocycles. The Bertz CT molecular complexity index is 1200. The molecule has 0 spiro atoms. The topological polar surface area (TPSA) is 74.6 Å². The fraction of sp³-hybridized carbons (Fsp3) is 0. The Morgan fingerprint density at radius 2 is 1.73 bits per heavy atom. The van der Waals surface area contributed by atoms with E-state index in [1.54, 1.807) is 18.3 Å². The Labute approximate surface area is 182 Å². The van der Waals surface area contributed by atoms with Crippen LogP contribution in [0.25, 0.3) is 22.4 Å². The summed E-state index contributed by atoms with van der Waals surface area (Å²) in [6, 6.07) is 22.6. The number of nitrogens with one attached hydrogen (secondary N) is 1. The van der Waals surface area contributed by atoms with Crippen molar-refractivity contribution < 1.29 is 9.90 Å². The number of anilines is 1. The van der Waals surface area contributed by atoms with E-state index in [9.17, 15) is 4.79 Å². The largest absolute Gasteiger partial charge is 0.478 e. The molecule has 0 fully saturated rings. The van der Waals surface area contributed by atoms with Crippen LogP contribution in [0.4, 0.5) is 5.13 Å². The van der Waals surface area contributed by atoms with Crippen molar-refractivity contribution in [3.63, 3.8) is 0 Å². The number of nitrogens with zero attached hydrogens (tertiary/aromatic N) is 2. The van der Waals surface area contributed by atoms with E-state index in [1.165, 1.54) is 17.4 Å². The zero-order chi connectivity index (χ0) is 20.9. The van der Waals surface area contributed by atoms with Crippen molar-refractivity contribution in [3.8, 4) is 22.4 Å². The van der Waals surface area contributed by atoms with Gasteiger partial charge in [-0.1, -0.05) is 72.3 Å². The summed E-state index contributed by atoms with van der Waals surface area (Å²) in [5, 5.41) is 16.3. The van der Waals surface area contributed by atoms with Gasteiger partial charge in [0.1, 0.15) is 0 Å². The summed E-state index contributed by atoms with van der Waals surface area (Å²) in [6.45, 7) is 0. The maximum absolute atomic E-state index is 11.1. The molecule has 0 saturated heterocycles. The van der Waals surface area contributed by atoms with Gasteiger partial charge in [0, 0.05) is 10.9 Å². The Hall–Kier alpha value is -3.48. The van der Waals surface area contributed by atoms with Crippen molar-refractivity contribution in [1.82, 2.24) is 4.98 Å². The average Bonchev–Trinajstić information content (AvgIpc) is 3.23. The second kappa shape index (κ2) is 8.90. The highest BCUT2D eigenvalue weighted by Gasteiger charge is 2.09. The van der Waals surface area contributed by atoms with Gasteiger partial charge < -0.3 is 5.11 Å². The van der Waals surface area contributed by atoms with Gasteiger partial charge in [-0.15, -0.1) is 11.3 Å². The summed E-state index contributed by atoms with van der Waals surface area (Å²) < 4.78 is 0. The quantitative estimate of drug-likeness (QED) is 0.277. The molecule has 0 atom stereocenters. The lowest BCUT2D eigenvalue weighted by Gasteiger charge is -2.05. The van der Waals surface area contributed by atoms with Crippen LogP contribution in [0.5, 0.6) is 0 Å². The summed E-state index contributed by atoms with van der Waals surface area (Å²) >= 11 is 7.55. The number of carboxylic acids is 1. The zero-order valence-electron chi connectivity index (χ0n) is 15.6. The molecule has 5 nitrogen and oxygen atoms in total. The van der Waals surface area contributed by atoms with Crippen LogP contribution in [0.1, 0.15) is 15.9 Å². The number of hydrazone groups is 1. The van der Waals surface area contributed by atoms with Gasteiger partial charge in [0.15, 0.2) is 0 Å². The Morgan fingerprint density at radius 1 is 1.00 bits per heavy atom. The van der Waals surface area contributed by atoms with Crippen molar-refractivity contribution in [1.29, 1.82) is 0 Å². The molecule has 0 amide bonds. The SMILES string of the molecule is O=C(O)c1ccc(-c2ccc(C=NNc3nc(-c4ccccc4)cs3)cc2)cc1Cl. The van der Waals surface area contributed by atoms with Crippen molar-refractivity contribution >= 4 is 40.3 Å². The average molecular weight is 434 g/mol. The molecule has 0 radical (unpaired) electrons. The predicted octanol–water partition coefficient (Wildman–Crippen LogP) is 6.27. The standard InChI is InChI=1S/C23H16ClN3O2S/c24-20-12-18(10-11-19(20)22(28)29)16-8-6-15(7-9-16)13-25-27-23-26-21(14-30-23)17-4-2-1-3-5-17/h1-14H,(H,26,27)(H,28,29). The van der Waals surface area contributed by atoms with E-state index in [1.807, 2.05) is 60.0 Å². The molecule has 4 aromatic rings. The third-order valence-corrected chi connectivity index (χ3v) is 5.45. The summed E-state index contributed by atoms with van der Waals surface area (Å²) in [5.74, 6) is -1.04. The molecular weight excluding hydrogens is 418 g/mol. The molecule has 0 aliphatic carbocycles. The minimum Gasteiger partial charge on any atom is -0.478 e. The lowest BCUT2D eigenvalue weighted by Crippen LogP contribution is -1.97. The van der Waals surface area contributed by atoms with Crippen LogP contribution < -0.4 is 5.43 Å². The van der Waals surface area contributed by atoms with Gasteiger partial charge >= 0.3 is 5.97 Å². The van der Waals surface area contributed by atoms with Crippen LogP contribution in [0.3, 0.4) is 0 Å². The molecule has 0 aliphatic rings. The number of carbonyl (C=O) groups is 1. The first-order valence-corrected chi connectivity index (χ1v) is 10.3. The van der Waals surface area contributed by atoms with E-state index in [2.05, 4.69) is 15.5 Å². The summed E-state index contributed by atoms with van der Waals surface area (Å²) in [7, 11) is 0. The normalized spacial score (nSPS) is 11.0. The highest BCUT2D eigenvalue weighted by molar-refractivity contribution is 7.14. The van der Waals surface area contributed by atoms with Gasteiger partial charge in [0.05, 0.1) is 22.5 Å². The smallest absolute Gasteiger partial charge is 0.337 e. The van der Waals surface area contributed by atoms with Crippen molar-refractivity contribution in [2.75, 3.05) is 5.43 Å². The second-order valence-electron chi connectivity index (χ2n) is 6.40. The second-order valence-corrected chi connectivity index (χ2v) is 7.66. The summed E-state index contributed by atoms with van der Waals surface area (Å²) in [5.41, 5.74) is 7.73. The van der Waals surface area contributed by atoms with Gasteiger partial charge in [0.2, 0.25) is 5.13 Å². The van der Waals surface area contributed by atoms with Crippen LogP contribution in [-0.4, -0.2) is 22.3 Å². The third kappa shape index (κ3) is 4.56. The van der Waals surface area contributed by atoms with Crippen molar-refractivity contribution in [2.24, 2.45) is 5.10 Å². The minimum atomic E-state index is -1.04. The van der Waals surface area contributed by atoms with Gasteiger partial charge in [-0.25, -0.2) is 9.78 Å². The molecular formula is C23H16ClN3O2S. The number of aromatic nitrogens is 1. The Balaban J connectivity index is 1.41. The first-order chi connectivity index (χ1) is 14.6. The number of halogens is 1. The van der Waals surface area contributed by atoms with E-state index < -0.39 is 5.97 Å². The zero-order valence-corrected chi connectivity index (χ0v) is 17.2. The van der Waals surface area contributed by atoms with E-state index in [4.69, 9.17) is 16.7 Å². The number of thiazole rings is 1. The Kier molecular flexibility index (Phi) is 5.88. The van der Waals surface area contributed by atoms with Gasteiger partial charge in [-0.05, 0) is 28.8 Å². The van der Waals surface area contributed by atoms with Crippen LogP contribution in [0.15, 0.2) is 83.3 Å². The molecule has 0 unspecified atom stereocenters. The molecule has 4 rings (SSSR count). The molecule has 30 heavy (non-hydrogen) atoms. The Morgan fingerprint density at radius 3 is 2.43 bits per heavy atom. The number of benzene rings is 3. The molecule has 1 heterocycles. The van der Waals surface area contributed by atoms with Crippen molar-refractivity contribution in [2.45, 2.75) is 0 Å². The molecule has 148 valence electrons. The minimum absolute atomic E-state index is 0.0906. The lowest BCUT2D eigenvalue weighted by molar-refractivity contribution is 0.0697. The van der Waals surface area contributed by atoms with E-state index in [-0.39, 0.29) is 10.6 Å². The highest BCUT2D eigenvalue weighted by Crippen LogP contribution is 2.26. The van der Waals surface area contributed by atoms with Crippen LogP contribution >= 0.6 is 22.9 Å². The van der Waals surface area contributed by atoms with Crippen LogP contribution in [0.2, 0.25) is 5.02 Å². The maximum atomic E-state index is 11.1. The van der Waals surface area contributed by atoms with Crippen LogP contribution in [-0.2, 0) is 0 Å². The summed E-state index contributed by atoms with van der Waals surface area (Å²) in [4.78, 5) is 15.6.